The van der Waals surface area contributed by atoms with E-state index in [1.165, 1.54) is 17.4 Å². The van der Waals surface area contributed by atoms with Gasteiger partial charge in [0.2, 0.25) is 0 Å². The van der Waals surface area contributed by atoms with E-state index in [1.807, 2.05) is 13.0 Å². The van der Waals surface area contributed by atoms with Crippen molar-refractivity contribution in [1.82, 2.24) is 4.98 Å². The Morgan fingerprint density at radius 2 is 2.29 bits per heavy atom. The molecule has 1 atom stereocenters. The van der Waals surface area contributed by atoms with E-state index in [-0.39, 0.29) is 17.6 Å². The van der Waals surface area contributed by atoms with E-state index in [2.05, 4.69) is 10.3 Å². The molecule has 0 fully saturated rings. The van der Waals surface area contributed by atoms with Gasteiger partial charge in [-0.2, -0.15) is 0 Å². The molecule has 112 valence electrons. The Morgan fingerprint density at radius 3 is 2.95 bits per heavy atom. The van der Waals surface area contributed by atoms with Crippen LogP contribution in [0.2, 0.25) is 0 Å². The van der Waals surface area contributed by atoms with Gasteiger partial charge in [0.25, 0.3) is 0 Å². The number of esters is 1. The normalized spacial score (nSPS) is 12.0. The van der Waals surface area contributed by atoms with Crippen LogP contribution in [0.25, 0.3) is 0 Å². The fourth-order valence-corrected chi connectivity index (χ4v) is 2.55. The van der Waals surface area contributed by atoms with Crippen LogP contribution in [-0.4, -0.2) is 17.6 Å². The van der Waals surface area contributed by atoms with Crippen LogP contribution in [-0.2, 0) is 4.74 Å². The van der Waals surface area contributed by atoms with E-state index in [1.54, 1.807) is 25.3 Å². The van der Waals surface area contributed by atoms with Gasteiger partial charge in [-0.05, 0) is 38.0 Å². The second-order valence-electron chi connectivity index (χ2n) is 4.63. The molecule has 2 rings (SSSR count). The Morgan fingerprint density at radius 1 is 1.52 bits per heavy atom. The molecule has 21 heavy (non-hydrogen) atoms. The summed E-state index contributed by atoms with van der Waals surface area (Å²) < 4.78 is 18.5. The molecule has 1 heterocycles. The number of nitrogens with one attached hydrogen (secondary N) is 1. The number of carbonyl (C=O) groups is 1. The molecule has 1 aromatic heterocycles. The summed E-state index contributed by atoms with van der Waals surface area (Å²) in [6, 6.07) is 5.01. The van der Waals surface area contributed by atoms with E-state index in [9.17, 15) is 9.18 Å². The molecule has 0 amide bonds. The van der Waals surface area contributed by atoms with E-state index >= 15 is 0 Å². The molecule has 0 aliphatic carbocycles. The maximum atomic E-state index is 13.6. The van der Waals surface area contributed by atoms with Crippen molar-refractivity contribution in [3.8, 4) is 0 Å². The molecule has 1 N–H and O–H groups in total. The van der Waals surface area contributed by atoms with Crippen molar-refractivity contribution in [2.24, 2.45) is 0 Å². The topological polar surface area (TPSA) is 51.2 Å². The predicted molar refractivity (Wildman–Crippen MR) is 81.2 cm³/mol. The van der Waals surface area contributed by atoms with Gasteiger partial charge in [-0.15, -0.1) is 11.3 Å². The Balaban J connectivity index is 2.07. The van der Waals surface area contributed by atoms with Crippen molar-refractivity contribution in [3.05, 3.63) is 46.2 Å². The summed E-state index contributed by atoms with van der Waals surface area (Å²) in [4.78, 5) is 15.7. The third-order valence-electron chi connectivity index (χ3n) is 3.02. The fourth-order valence-electron chi connectivity index (χ4n) is 1.79. The Bertz CT molecular complexity index is 642. The molecule has 0 saturated heterocycles. The van der Waals surface area contributed by atoms with Crippen molar-refractivity contribution in [1.29, 1.82) is 0 Å². The van der Waals surface area contributed by atoms with Crippen LogP contribution in [0.3, 0.4) is 0 Å². The maximum Gasteiger partial charge on any atom is 0.357 e. The number of benzene rings is 1. The number of thiazole rings is 1. The Hall–Kier alpha value is -1.95. The molecule has 6 heteroatoms. The minimum Gasteiger partial charge on any atom is -0.461 e. The smallest absolute Gasteiger partial charge is 0.357 e. The first-order valence-electron chi connectivity index (χ1n) is 6.66. The summed E-state index contributed by atoms with van der Waals surface area (Å²) in [6.45, 7) is 5.70. The highest BCUT2D eigenvalue weighted by atomic mass is 32.1. The van der Waals surface area contributed by atoms with Crippen molar-refractivity contribution in [2.45, 2.75) is 26.8 Å². The molecule has 0 bridgehead atoms. The van der Waals surface area contributed by atoms with Gasteiger partial charge in [-0.25, -0.2) is 14.2 Å². The number of aryl methyl sites for hydroxylation is 1. The van der Waals surface area contributed by atoms with Gasteiger partial charge in [0.15, 0.2) is 10.8 Å². The first-order chi connectivity index (χ1) is 10.0. The standard InChI is InChI=1S/C15H17FN2O2S/c1-4-20-14(19)13-8-21-15(18-13)17-10(3)11-6-5-9(2)12(16)7-11/h5-8,10H,4H2,1-3H3,(H,17,18). The first kappa shape index (κ1) is 15.4. The zero-order valence-corrected chi connectivity index (χ0v) is 13.0. The highest BCUT2D eigenvalue weighted by Crippen LogP contribution is 2.24. The van der Waals surface area contributed by atoms with Gasteiger partial charge < -0.3 is 10.1 Å². The predicted octanol–water partition coefficient (Wildman–Crippen LogP) is 3.94. The summed E-state index contributed by atoms with van der Waals surface area (Å²) >= 11 is 1.32. The Kier molecular flexibility index (Phi) is 4.90. The van der Waals surface area contributed by atoms with Gasteiger partial charge in [-0.1, -0.05) is 12.1 Å². The van der Waals surface area contributed by atoms with E-state index in [4.69, 9.17) is 4.74 Å². The minimum atomic E-state index is -0.434. The Labute approximate surface area is 127 Å². The molecule has 1 unspecified atom stereocenters. The average Bonchev–Trinajstić information content (AvgIpc) is 2.90. The zero-order chi connectivity index (χ0) is 15.4. The van der Waals surface area contributed by atoms with Crippen LogP contribution in [0.4, 0.5) is 9.52 Å². The minimum absolute atomic E-state index is 0.110. The van der Waals surface area contributed by atoms with Gasteiger partial charge in [-0.3, -0.25) is 0 Å². The lowest BCUT2D eigenvalue weighted by atomic mass is 10.1. The fraction of sp³-hybridized carbons (Fsp3) is 0.333. The molecule has 0 radical (unpaired) electrons. The third-order valence-corrected chi connectivity index (χ3v) is 3.80. The summed E-state index contributed by atoms with van der Waals surface area (Å²) in [6.07, 6.45) is 0. The number of aromatic nitrogens is 1. The number of ether oxygens (including phenoxy) is 1. The summed E-state index contributed by atoms with van der Waals surface area (Å²) in [5.41, 5.74) is 1.72. The van der Waals surface area contributed by atoms with Gasteiger partial charge >= 0.3 is 5.97 Å². The van der Waals surface area contributed by atoms with Gasteiger partial charge in [0.05, 0.1) is 12.6 Å². The molecular formula is C15H17FN2O2S. The van der Waals surface area contributed by atoms with Gasteiger partial charge in [0, 0.05) is 5.38 Å². The van der Waals surface area contributed by atoms with Crippen LogP contribution in [0.1, 0.15) is 41.5 Å². The third kappa shape index (κ3) is 3.78. The van der Waals surface area contributed by atoms with Crippen molar-refractivity contribution in [3.63, 3.8) is 0 Å². The number of rotatable bonds is 5. The molecule has 1 aromatic carbocycles. The second-order valence-corrected chi connectivity index (χ2v) is 5.49. The zero-order valence-electron chi connectivity index (χ0n) is 12.1. The van der Waals surface area contributed by atoms with E-state index < -0.39 is 5.97 Å². The monoisotopic (exact) mass is 308 g/mol. The largest absolute Gasteiger partial charge is 0.461 e. The van der Waals surface area contributed by atoms with Crippen LogP contribution in [0.5, 0.6) is 0 Å². The van der Waals surface area contributed by atoms with E-state index in [0.29, 0.717) is 17.3 Å². The molecular weight excluding hydrogens is 291 g/mol. The number of hydrogen-bond donors (Lipinski definition) is 1. The SMILES string of the molecule is CCOC(=O)c1csc(NC(C)c2ccc(C)c(F)c2)n1. The number of hydrogen-bond acceptors (Lipinski definition) is 5. The number of anilines is 1. The highest BCUT2D eigenvalue weighted by molar-refractivity contribution is 7.13. The maximum absolute atomic E-state index is 13.6. The lowest BCUT2D eigenvalue weighted by molar-refractivity contribution is 0.0520. The number of carbonyl (C=O) groups excluding carboxylic acids is 1. The van der Waals surface area contributed by atoms with Crippen molar-refractivity contribution >= 4 is 22.4 Å². The van der Waals surface area contributed by atoms with Crippen molar-refractivity contribution in [2.75, 3.05) is 11.9 Å². The molecule has 0 saturated carbocycles. The molecule has 2 aromatic rings. The van der Waals surface area contributed by atoms with Gasteiger partial charge in [0.1, 0.15) is 5.82 Å². The summed E-state index contributed by atoms with van der Waals surface area (Å²) in [5, 5.41) is 5.40. The van der Waals surface area contributed by atoms with Crippen LogP contribution in [0.15, 0.2) is 23.6 Å². The number of nitrogens with zero attached hydrogens (tertiary/aromatic N) is 1. The molecule has 0 aliphatic rings. The van der Waals surface area contributed by atoms with Crippen molar-refractivity contribution < 1.29 is 13.9 Å². The highest BCUT2D eigenvalue weighted by Gasteiger charge is 2.14. The first-order valence-corrected chi connectivity index (χ1v) is 7.54. The lowest BCUT2D eigenvalue weighted by Gasteiger charge is -2.13. The second kappa shape index (κ2) is 6.67. The number of halogens is 1. The molecule has 0 spiro atoms. The van der Waals surface area contributed by atoms with Crippen LogP contribution in [0, 0.1) is 12.7 Å². The van der Waals surface area contributed by atoms with Crippen LogP contribution >= 0.6 is 11.3 Å². The average molecular weight is 308 g/mol. The molecule has 4 nitrogen and oxygen atoms in total. The molecule has 0 aliphatic heterocycles. The summed E-state index contributed by atoms with van der Waals surface area (Å²) in [7, 11) is 0. The van der Waals surface area contributed by atoms with E-state index in [0.717, 1.165) is 5.56 Å². The lowest BCUT2D eigenvalue weighted by Crippen LogP contribution is -2.08. The quantitative estimate of drug-likeness (QED) is 0.850. The van der Waals surface area contributed by atoms with Crippen LogP contribution < -0.4 is 5.32 Å². The summed E-state index contributed by atoms with van der Waals surface area (Å²) in [5.74, 6) is -0.664.